The fourth-order valence-corrected chi connectivity index (χ4v) is 4.95. The molecular weight excluding hydrogens is 238 g/mol. The van der Waals surface area contributed by atoms with Gasteiger partial charge in [-0.3, -0.25) is 0 Å². The van der Waals surface area contributed by atoms with Gasteiger partial charge < -0.3 is 15.2 Å². The van der Waals surface area contributed by atoms with Crippen molar-refractivity contribution < 1.29 is 9.84 Å². The normalized spacial score (nSPS) is 40.7. The molecule has 1 aromatic rings. The average Bonchev–Trinajstić information content (AvgIpc) is 2.74. The molecule has 0 amide bonds. The maximum atomic E-state index is 10.1. The van der Waals surface area contributed by atoms with Gasteiger partial charge in [-0.25, -0.2) is 0 Å². The summed E-state index contributed by atoms with van der Waals surface area (Å²) in [6, 6.07) is 4.42. The molecule has 0 unspecified atom stereocenters. The number of nitrogens with one attached hydrogen (secondary N) is 1. The van der Waals surface area contributed by atoms with Gasteiger partial charge in [0.2, 0.25) is 0 Å². The molecule has 0 radical (unpaired) electrons. The Labute approximate surface area is 112 Å². The summed E-state index contributed by atoms with van der Waals surface area (Å²) in [6.45, 7) is 1.06. The van der Waals surface area contributed by atoms with Gasteiger partial charge in [-0.05, 0) is 31.0 Å². The Morgan fingerprint density at radius 1 is 1.37 bits per heavy atom. The van der Waals surface area contributed by atoms with Crippen molar-refractivity contribution in [3.63, 3.8) is 0 Å². The number of piperidine rings is 1. The van der Waals surface area contributed by atoms with Gasteiger partial charge in [-0.15, -0.1) is 0 Å². The second-order valence-corrected chi connectivity index (χ2v) is 6.30. The van der Waals surface area contributed by atoms with Crippen molar-refractivity contribution >= 4 is 0 Å². The zero-order valence-corrected chi connectivity index (χ0v) is 10.7. The largest absolute Gasteiger partial charge is 0.504 e. The van der Waals surface area contributed by atoms with E-state index in [1.807, 2.05) is 0 Å². The van der Waals surface area contributed by atoms with Gasteiger partial charge in [-0.2, -0.15) is 0 Å². The highest BCUT2D eigenvalue weighted by atomic mass is 16.5. The SMILES string of the molecule is Oc1ccc2c3c1O[C@H]1CC=C[C@H]4[C@@H](C2)NCC[C@]314. The van der Waals surface area contributed by atoms with Crippen LogP contribution in [0.1, 0.15) is 24.0 Å². The molecule has 0 aromatic heterocycles. The van der Waals surface area contributed by atoms with Crippen molar-refractivity contribution in [1.29, 1.82) is 0 Å². The minimum Gasteiger partial charge on any atom is -0.504 e. The van der Waals surface area contributed by atoms with Crippen LogP contribution >= 0.6 is 0 Å². The first kappa shape index (κ1) is 10.3. The third-order valence-corrected chi connectivity index (χ3v) is 5.63. The van der Waals surface area contributed by atoms with Gasteiger partial charge in [0.15, 0.2) is 11.5 Å². The first-order chi connectivity index (χ1) is 9.30. The van der Waals surface area contributed by atoms with Crippen LogP contribution in [-0.2, 0) is 11.8 Å². The van der Waals surface area contributed by atoms with Gasteiger partial charge in [0.1, 0.15) is 6.10 Å². The smallest absolute Gasteiger partial charge is 0.165 e. The van der Waals surface area contributed by atoms with E-state index < -0.39 is 0 Å². The molecule has 2 heterocycles. The van der Waals surface area contributed by atoms with Gasteiger partial charge in [0, 0.05) is 29.4 Å². The van der Waals surface area contributed by atoms with Gasteiger partial charge in [-0.1, -0.05) is 18.2 Å². The predicted molar refractivity (Wildman–Crippen MR) is 71.6 cm³/mol. The molecule has 2 bridgehead atoms. The summed E-state index contributed by atoms with van der Waals surface area (Å²) >= 11 is 0. The van der Waals surface area contributed by atoms with Crippen molar-refractivity contribution in [2.45, 2.75) is 36.8 Å². The Morgan fingerprint density at radius 2 is 2.32 bits per heavy atom. The molecule has 98 valence electrons. The number of hydrogen-bond acceptors (Lipinski definition) is 3. The molecule has 1 spiro atoms. The molecule has 5 rings (SSSR count). The zero-order valence-electron chi connectivity index (χ0n) is 10.7. The third-order valence-electron chi connectivity index (χ3n) is 5.63. The predicted octanol–water partition coefficient (Wildman–Crippen LogP) is 1.89. The van der Waals surface area contributed by atoms with Crippen LogP contribution in [0, 0.1) is 5.92 Å². The van der Waals surface area contributed by atoms with Crippen LogP contribution in [-0.4, -0.2) is 23.8 Å². The number of ether oxygens (including phenoxy) is 1. The molecule has 4 aliphatic rings. The summed E-state index contributed by atoms with van der Waals surface area (Å²) in [4.78, 5) is 0. The number of benzene rings is 1. The summed E-state index contributed by atoms with van der Waals surface area (Å²) < 4.78 is 6.18. The maximum absolute atomic E-state index is 10.1. The van der Waals surface area contributed by atoms with Crippen LogP contribution in [0.3, 0.4) is 0 Å². The topological polar surface area (TPSA) is 41.5 Å². The van der Waals surface area contributed by atoms with Gasteiger partial charge >= 0.3 is 0 Å². The molecule has 3 heteroatoms. The quantitative estimate of drug-likeness (QED) is 0.696. The monoisotopic (exact) mass is 255 g/mol. The highest BCUT2D eigenvalue weighted by Gasteiger charge is 2.60. The standard InChI is InChI=1S/C16H17NO2/c18-12-5-4-9-8-11-10-2-1-3-13-16(10,6-7-17-11)14(9)15(12)19-13/h1-2,4-5,10-11,13,17-18H,3,6-8H2/t10-,11+,13-,16+/m0/s1. The highest BCUT2D eigenvalue weighted by molar-refractivity contribution is 5.61. The van der Waals surface area contributed by atoms with E-state index in [0.29, 0.717) is 17.7 Å². The Bertz CT molecular complexity index is 609. The second kappa shape index (κ2) is 3.15. The molecule has 2 aliphatic heterocycles. The van der Waals surface area contributed by atoms with Crippen molar-refractivity contribution in [1.82, 2.24) is 5.32 Å². The summed E-state index contributed by atoms with van der Waals surface area (Å²) in [5.74, 6) is 1.62. The number of phenolic OH excluding ortho intramolecular Hbond substituents is 1. The van der Waals surface area contributed by atoms with E-state index in [9.17, 15) is 5.11 Å². The minimum absolute atomic E-state index is 0.117. The van der Waals surface area contributed by atoms with E-state index in [-0.39, 0.29) is 11.5 Å². The van der Waals surface area contributed by atoms with E-state index in [1.165, 1.54) is 11.1 Å². The third kappa shape index (κ3) is 1.02. The first-order valence-corrected chi connectivity index (χ1v) is 7.23. The lowest BCUT2D eigenvalue weighted by Crippen LogP contribution is -2.62. The molecule has 2 aliphatic carbocycles. The van der Waals surface area contributed by atoms with Crippen molar-refractivity contribution in [2.75, 3.05) is 6.54 Å². The van der Waals surface area contributed by atoms with Crippen LogP contribution < -0.4 is 10.1 Å². The summed E-state index contributed by atoms with van der Waals surface area (Å²) in [7, 11) is 0. The molecule has 2 N–H and O–H groups in total. The Balaban J connectivity index is 1.87. The van der Waals surface area contributed by atoms with E-state index >= 15 is 0 Å². The van der Waals surface area contributed by atoms with Crippen LogP contribution in [0.15, 0.2) is 24.3 Å². The van der Waals surface area contributed by atoms with Crippen molar-refractivity contribution in [3.05, 3.63) is 35.4 Å². The summed E-state index contributed by atoms with van der Waals surface area (Å²) in [6.07, 6.45) is 8.01. The lowest BCUT2D eigenvalue weighted by Gasteiger charge is -2.53. The number of phenols is 1. The van der Waals surface area contributed by atoms with Crippen LogP contribution in [0.2, 0.25) is 0 Å². The number of aromatic hydroxyl groups is 1. The molecule has 1 saturated heterocycles. The maximum Gasteiger partial charge on any atom is 0.165 e. The fourth-order valence-electron chi connectivity index (χ4n) is 4.95. The minimum atomic E-state index is 0.117. The van der Waals surface area contributed by atoms with E-state index in [1.54, 1.807) is 6.07 Å². The van der Waals surface area contributed by atoms with E-state index in [0.717, 1.165) is 31.6 Å². The van der Waals surface area contributed by atoms with E-state index in [2.05, 4.69) is 23.5 Å². The molecule has 1 aromatic carbocycles. The van der Waals surface area contributed by atoms with Gasteiger partial charge in [0.05, 0.1) is 0 Å². The summed E-state index contributed by atoms with van der Waals surface area (Å²) in [5, 5.41) is 13.8. The average molecular weight is 255 g/mol. The number of rotatable bonds is 0. The molecule has 1 fully saturated rings. The second-order valence-electron chi connectivity index (χ2n) is 6.30. The van der Waals surface area contributed by atoms with Crippen LogP contribution in [0.25, 0.3) is 0 Å². The Kier molecular flexibility index (Phi) is 1.71. The van der Waals surface area contributed by atoms with Gasteiger partial charge in [0.25, 0.3) is 0 Å². The molecule has 0 saturated carbocycles. The van der Waals surface area contributed by atoms with Crippen LogP contribution in [0.5, 0.6) is 11.5 Å². The summed E-state index contributed by atoms with van der Waals surface area (Å²) in [5.41, 5.74) is 2.82. The molecule has 4 atom stereocenters. The fraction of sp³-hybridized carbons (Fsp3) is 0.500. The Morgan fingerprint density at radius 3 is 3.26 bits per heavy atom. The van der Waals surface area contributed by atoms with Crippen molar-refractivity contribution in [2.24, 2.45) is 5.92 Å². The Hall–Kier alpha value is -1.48. The van der Waals surface area contributed by atoms with Crippen molar-refractivity contribution in [3.8, 4) is 11.5 Å². The zero-order chi connectivity index (χ0) is 12.6. The van der Waals surface area contributed by atoms with E-state index in [4.69, 9.17) is 4.74 Å². The highest BCUT2D eigenvalue weighted by Crippen LogP contribution is 2.61. The lowest BCUT2D eigenvalue weighted by molar-refractivity contribution is 0.0558. The molecule has 3 nitrogen and oxygen atoms in total. The van der Waals surface area contributed by atoms with Crippen LogP contribution in [0.4, 0.5) is 0 Å². The molecular formula is C16H17NO2. The lowest BCUT2D eigenvalue weighted by atomic mass is 9.54. The first-order valence-electron chi connectivity index (χ1n) is 7.23. The molecule has 19 heavy (non-hydrogen) atoms. The number of hydrogen-bond donors (Lipinski definition) is 2.